The van der Waals surface area contributed by atoms with Crippen molar-refractivity contribution in [3.8, 4) is 5.75 Å². The molecule has 1 aromatic rings. The number of carboxylic acid groups (broad SMARTS) is 1. The number of carbonyl (C=O) groups excluding carboxylic acids is 4. The molecule has 0 heterocycles. The molecule has 15 nitrogen and oxygen atoms in total. The van der Waals surface area contributed by atoms with Gasteiger partial charge in [-0.3, -0.25) is 24.2 Å². The zero-order chi connectivity index (χ0) is 30.9. The van der Waals surface area contributed by atoms with Crippen LogP contribution in [0.1, 0.15) is 37.7 Å². The second kappa shape index (κ2) is 18.3. The summed E-state index contributed by atoms with van der Waals surface area (Å²) >= 11 is 1.41. The first-order valence-electron chi connectivity index (χ1n) is 12.8. The number of carboxylic acids is 1. The molecule has 1 aromatic carbocycles. The van der Waals surface area contributed by atoms with Crippen molar-refractivity contribution in [2.24, 2.45) is 27.9 Å². The molecule has 0 saturated heterocycles. The summed E-state index contributed by atoms with van der Waals surface area (Å²) in [6, 6.07) is 1.16. The number of nitrogens with zero attached hydrogens (tertiary/aromatic N) is 1. The van der Waals surface area contributed by atoms with E-state index in [0.717, 1.165) is 0 Å². The molecular formula is C25H40N8O7S. The number of hydrogen-bond acceptors (Lipinski definition) is 9. The monoisotopic (exact) mass is 596 g/mol. The van der Waals surface area contributed by atoms with Crippen molar-refractivity contribution in [2.45, 2.75) is 62.7 Å². The highest BCUT2D eigenvalue weighted by Crippen LogP contribution is 2.12. The van der Waals surface area contributed by atoms with Gasteiger partial charge < -0.3 is 49.1 Å². The van der Waals surface area contributed by atoms with Crippen molar-refractivity contribution in [1.29, 1.82) is 0 Å². The number of nitrogens with two attached hydrogens (primary N) is 4. The van der Waals surface area contributed by atoms with Crippen LogP contribution >= 0.6 is 11.8 Å². The van der Waals surface area contributed by atoms with Gasteiger partial charge >= 0.3 is 5.97 Å². The maximum atomic E-state index is 13.2. The normalized spacial score (nSPS) is 13.6. The third-order valence-corrected chi connectivity index (χ3v) is 6.50. The number of thioether (sulfide) groups is 1. The summed E-state index contributed by atoms with van der Waals surface area (Å²) in [6.07, 6.45) is 2.12. The Morgan fingerprint density at radius 2 is 1.44 bits per heavy atom. The number of rotatable bonds is 19. The van der Waals surface area contributed by atoms with Crippen molar-refractivity contribution in [2.75, 3.05) is 18.6 Å². The molecule has 16 heteroatoms. The number of aliphatic carboxylic acids is 1. The molecule has 41 heavy (non-hydrogen) atoms. The number of amides is 4. The lowest BCUT2D eigenvalue weighted by Gasteiger charge is -2.25. The van der Waals surface area contributed by atoms with Gasteiger partial charge in [0.25, 0.3) is 0 Å². The number of phenols is 1. The zero-order valence-electron chi connectivity index (χ0n) is 22.9. The molecular weight excluding hydrogens is 556 g/mol. The topological polar surface area (TPSA) is 278 Å². The summed E-state index contributed by atoms with van der Waals surface area (Å²) in [6.45, 7) is 0.255. The van der Waals surface area contributed by atoms with Crippen LogP contribution in [0.5, 0.6) is 5.75 Å². The van der Waals surface area contributed by atoms with E-state index in [9.17, 15) is 34.2 Å². The lowest BCUT2D eigenvalue weighted by Crippen LogP contribution is -2.57. The SMILES string of the molecule is CSCCC(NC(=O)C(CCC(N)=O)NC(=O)C(N)CCCN=C(N)N)C(=O)NC(Cc1ccc(O)cc1)C(=O)O. The molecule has 4 unspecified atom stereocenters. The quantitative estimate of drug-likeness (QED) is 0.0472. The predicted molar refractivity (Wildman–Crippen MR) is 155 cm³/mol. The molecule has 0 bridgehead atoms. The van der Waals surface area contributed by atoms with E-state index in [1.54, 1.807) is 6.26 Å². The van der Waals surface area contributed by atoms with Crippen LogP contribution < -0.4 is 38.9 Å². The van der Waals surface area contributed by atoms with E-state index in [0.29, 0.717) is 17.7 Å². The maximum Gasteiger partial charge on any atom is 0.326 e. The highest BCUT2D eigenvalue weighted by Gasteiger charge is 2.30. The van der Waals surface area contributed by atoms with Gasteiger partial charge in [0, 0.05) is 19.4 Å². The van der Waals surface area contributed by atoms with Gasteiger partial charge in [0.05, 0.1) is 6.04 Å². The van der Waals surface area contributed by atoms with Gasteiger partial charge in [-0.25, -0.2) is 4.79 Å². The van der Waals surface area contributed by atoms with E-state index in [1.807, 2.05) is 0 Å². The Hall–Kier alpha value is -4.05. The van der Waals surface area contributed by atoms with E-state index >= 15 is 0 Å². The number of phenolic OH excluding ortho intramolecular Hbond substituents is 1. The van der Waals surface area contributed by atoms with Crippen LogP contribution in [0.15, 0.2) is 29.3 Å². The lowest BCUT2D eigenvalue weighted by molar-refractivity contribution is -0.142. The number of benzene rings is 1. The third-order valence-electron chi connectivity index (χ3n) is 5.85. The second-order valence-corrected chi connectivity index (χ2v) is 10.2. The Morgan fingerprint density at radius 1 is 0.878 bits per heavy atom. The molecule has 0 aromatic heterocycles. The van der Waals surface area contributed by atoms with Crippen molar-refractivity contribution < 1.29 is 34.2 Å². The number of primary amides is 1. The van der Waals surface area contributed by atoms with Crippen molar-refractivity contribution in [3.05, 3.63) is 29.8 Å². The Balaban J connectivity index is 2.97. The van der Waals surface area contributed by atoms with Gasteiger partial charge in [-0.05, 0) is 55.4 Å². The molecule has 0 aliphatic heterocycles. The fourth-order valence-electron chi connectivity index (χ4n) is 3.60. The summed E-state index contributed by atoms with van der Waals surface area (Å²) in [5.74, 6) is -3.79. The average molecular weight is 597 g/mol. The first kappa shape index (κ1) is 35.0. The molecule has 0 spiro atoms. The van der Waals surface area contributed by atoms with Crippen LogP contribution in [0.4, 0.5) is 0 Å². The Kier molecular flexibility index (Phi) is 15.6. The minimum Gasteiger partial charge on any atom is -0.508 e. The first-order chi connectivity index (χ1) is 19.3. The van der Waals surface area contributed by atoms with Crippen LogP contribution in [-0.4, -0.2) is 88.5 Å². The average Bonchev–Trinajstić information content (AvgIpc) is 2.91. The van der Waals surface area contributed by atoms with E-state index in [2.05, 4.69) is 20.9 Å². The Morgan fingerprint density at radius 3 is 1.98 bits per heavy atom. The second-order valence-electron chi connectivity index (χ2n) is 9.23. The smallest absolute Gasteiger partial charge is 0.326 e. The van der Waals surface area contributed by atoms with Crippen LogP contribution in [0.2, 0.25) is 0 Å². The summed E-state index contributed by atoms with van der Waals surface area (Å²) in [7, 11) is 0. The van der Waals surface area contributed by atoms with E-state index in [4.69, 9.17) is 22.9 Å². The number of aliphatic imine (C=N–C) groups is 1. The lowest BCUT2D eigenvalue weighted by atomic mass is 10.0. The maximum absolute atomic E-state index is 13.2. The van der Waals surface area contributed by atoms with Gasteiger partial charge in [-0.15, -0.1) is 0 Å². The highest BCUT2D eigenvalue weighted by molar-refractivity contribution is 7.98. The van der Waals surface area contributed by atoms with Gasteiger partial charge in [-0.1, -0.05) is 12.1 Å². The third kappa shape index (κ3) is 14.2. The summed E-state index contributed by atoms with van der Waals surface area (Å²) in [5, 5.41) is 26.6. The predicted octanol–water partition coefficient (Wildman–Crippen LogP) is -2.13. The van der Waals surface area contributed by atoms with Crippen LogP contribution in [0.3, 0.4) is 0 Å². The van der Waals surface area contributed by atoms with Gasteiger partial charge in [-0.2, -0.15) is 11.8 Å². The number of nitrogens with one attached hydrogen (secondary N) is 3. The molecule has 0 aliphatic rings. The number of aromatic hydroxyl groups is 1. The van der Waals surface area contributed by atoms with E-state index in [1.165, 1.54) is 36.0 Å². The molecule has 4 atom stereocenters. The molecule has 0 aliphatic carbocycles. The summed E-state index contributed by atoms with van der Waals surface area (Å²) in [4.78, 5) is 66.0. The fourth-order valence-corrected chi connectivity index (χ4v) is 4.07. The number of hydrogen-bond donors (Lipinski definition) is 9. The van der Waals surface area contributed by atoms with Crippen molar-refractivity contribution in [1.82, 2.24) is 16.0 Å². The van der Waals surface area contributed by atoms with Crippen LogP contribution in [-0.2, 0) is 30.4 Å². The molecule has 0 fully saturated rings. The van der Waals surface area contributed by atoms with Crippen molar-refractivity contribution >= 4 is 47.3 Å². The minimum atomic E-state index is -1.32. The van der Waals surface area contributed by atoms with Crippen molar-refractivity contribution in [3.63, 3.8) is 0 Å². The van der Waals surface area contributed by atoms with E-state index in [-0.39, 0.29) is 50.4 Å². The zero-order valence-corrected chi connectivity index (χ0v) is 23.7. The minimum absolute atomic E-state index is 0.00869. The largest absolute Gasteiger partial charge is 0.508 e. The molecule has 0 radical (unpaired) electrons. The van der Waals surface area contributed by atoms with Crippen LogP contribution in [0, 0.1) is 0 Å². The number of carbonyl (C=O) groups is 5. The van der Waals surface area contributed by atoms with Gasteiger partial charge in [0.2, 0.25) is 23.6 Å². The molecule has 1 rings (SSSR count). The molecule has 13 N–H and O–H groups in total. The summed E-state index contributed by atoms with van der Waals surface area (Å²) in [5.41, 5.74) is 22.2. The first-order valence-corrected chi connectivity index (χ1v) is 14.2. The van der Waals surface area contributed by atoms with Gasteiger partial charge in [0.15, 0.2) is 5.96 Å². The molecule has 0 saturated carbocycles. The highest BCUT2D eigenvalue weighted by atomic mass is 32.2. The molecule has 4 amide bonds. The van der Waals surface area contributed by atoms with Gasteiger partial charge in [0.1, 0.15) is 23.9 Å². The summed E-state index contributed by atoms with van der Waals surface area (Å²) < 4.78 is 0. The number of guanidine groups is 1. The van der Waals surface area contributed by atoms with E-state index < -0.39 is 53.8 Å². The standard InChI is InChI=1S/C25H40N8O7S/c1-41-12-10-18(23(38)33-19(24(39)40)13-14-4-6-15(34)7-5-14)32-22(37)17(8-9-20(27)35)31-21(36)16(26)3-2-11-30-25(28)29/h4-7,16-19,34H,2-3,8-13,26H2,1H3,(H2,27,35)(H,31,36)(H,32,37)(H,33,38)(H,39,40)(H4,28,29,30). The molecule has 228 valence electrons. The van der Waals surface area contributed by atoms with Crippen LogP contribution in [0.25, 0.3) is 0 Å². The Bertz CT molecular complexity index is 1070. The Labute approximate surface area is 242 Å². The fraction of sp³-hybridized carbons (Fsp3) is 0.520.